The van der Waals surface area contributed by atoms with Gasteiger partial charge in [-0.2, -0.15) is 0 Å². The summed E-state index contributed by atoms with van der Waals surface area (Å²) in [4.78, 5) is 18.9. The van der Waals surface area contributed by atoms with Crippen LogP contribution in [0.3, 0.4) is 0 Å². The van der Waals surface area contributed by atoms with E-state index in [2.05, 4.69) is 31.6 Å². The number of hydrogen-bond acceptors (Lipinski definition) is 2. The summed E-state index contributed by atoms with van der Waals surface area (Å²) < 4.78 is 0. The second-order valence-electron chi connectivity index (χ2n) is 6.64. The Balaban J connectivity index is 0. The van der Waals surface area contributed by atoms with Crippen molar-refractivity contribution >= 4 is 29.7 Å². The number of hydrogen-bond donors (Lipinski definition) is 2. The Morgan fingerprint density at radius 1 is 0.750 bits per heavy atom. The fourth-order valence-corrected chi connectivity index (χ4v) is 2.74. The molecule has 4 nitrogen and oxygen atoms in total. The maximum atomic E-state index is 9.43. The SMILES string of the molecule is O=C(O)CC(=O)O.[Li][CH2]C(CCCC)CCCCCCCCCC. The van der Waals surface area contributed by atoms with Crippen molar-refractivity contribution in [3.8, 4) is 0 Å². The van der Waals surface area contributed by atoms with Crippen molar-refractivity contribution in [1.29, 1.82) is 0 Å². The third kappa shape index (κ3) is 23.8. The number of unbranched alkanes of at least 4 members (excludes halogenated alkanes) is 8. The van der Waals surface area contributed by atoms with Crippen LogP contribution in [0, 0.1) is 5.92 Å². The third-order valence-electron chi connectivity index (χ3n) is 4.31. The molecule has 0 radical (unpaired) electrons. The second-order valence-corrected chi connectivity index (χ2v) is 6.64. The van der Waals surface area contributed by atoms with E-state index in [-0.39, 0.29) is 0 Å². The van der Waals surface area contributed by atoms with E-state index in [0.29, 0.717) is 0 Å². The van der Waals surface area contributed by atoms with Gasteiger partial charge in [0.25, 0.3) is 0 Å². The predicted octanol–water partition coefficient (Wildman–Crippen LogP) is 5.46. The number of aliphatic carboxylic acids is 2. The van der Waals surface area contributed by atoms with Crippen LogP contribution in [0.25, 0.3) is 0 Å². The fourth-order valence-electron chi connectivity index (χ4n) is 2.74. The van der Waals surface area contributed by atoms with E-state index in [1.54, 1.807) is 0 Å². The van der Waals surface area contributed by atoms with Crippen molar-refractivity contribution in [2.24, 2.45) is 5.92 Å². The van der Waals surface area contributed by atoms with Gasteiger partial charge in [0.05, 0.1) is 0 Å². The zero-order valence-corrected chi connectivity index (χ0v) is 16.2. The molecule has 0 fully saturated rings. The molecule has 1 atom stereocenters. The van der Waals surface area contributed by atoms with E-state index in [4.69, 9.17) is 10.2 Å². The van der Waals surface area contributed by atoms with E-state index >= 15 is 0 Å². The van der Waals surface area contributed by atoms with E-state index in [1.165, 1.54) is 82.1 Å². The number of carbonyl (C=O) groups is 2. The summed E-state index contributed by atoms with van der Waals surface area (Å²) in [6, 6.07) is 0. The van der Waals surface area contributed by atoms with Crippen LogP contribution >= 0.6 is 0 Å². The molecule has 0 bridgehead atoms. The molecule has 0 saturated carbocycles. The third-order valence-corrected chi connectivity index (χ3v) is 4.31. The van der Waals surface area contributed by atoms with Crippen LogP contribution in [0.15, 0.2) is 0 Å². The van der Waals surface area contributed by atoms with Crippen molar-refractivity contribution in [3.05, 3.63) is 0 Å². The van der Waals surface area contributed by atoms with Gasteiger partial charge in [0.15, 0.2) is 0 Å². The summed E-state index contributed by atoms with van der Waals surface area (Å²) in [5.41, 5.74) is 0. The summed E-state index contributed by atoms with van der Waals surface area (Å²) in [5, 5.41) is 16.8. The molecular formula is C19H37LiO4. The zero-order chi connectivity index (χ0) is 18.6. The minimum atomic E-state index is -1.31. The average Bonchev–Trinajstić information content (AvgIpc) is 2.52. The molecule has 0 heterocycles. The van der Waals surface area contributed by atoms with Crippen molar-refractivity contribution in [3.63, 3.8) is 0 Å². The van der Waals surface area contributed by atoms with Crippen LogP contribution in [0.4, 0.5) is 0 Å². The summed E-state index contributed by atoms with van der Waals surface area (Å²) >= 11 is 2.37. The van der Waals surface area contributed by atoms with Gasteiger partial charge < -0.3 is 10.2 Å². The molecule has 0 aromatic rings. The first kappa shape index (κ1) is 25.8. The Morgan fingerprint density at radius 3 is 1.54 bits per heavy atom. The zero-order valence-electron chi connectivity index (χ0n) is 16.2. The van der Waals surface area contributed by atoms with Gasteiger partial charge in [0, 0.05) is 0 Å². The van der Waals surface area contributed by atoms with Crippen molar-refractivity contribution in [2.75, 3.05) is 0 Å². The van der Waals surface area contributed by atoms with Gasteiger partial charge in [-0.05, 0) is 0 Å². The molecule has 0 aliphatic carbocycles. The number of carboxylic acids is 2. The Kier molecular flexibility index (Phi) is 22.1. The van der Waals surface area contributed by atoms with E-state index in [1.807, 2.05) is 0 Å². The first-order valence-electron chi connectivity index (χ1n) is 9.91. The first-order chi connectivity index (χ1) is 11.5. The van der Waals surface area contributed by atoms with Gasteiger partial charge in [0.1, 0.15) is 6.42 Å². The first-order valence-corrected chi connectivity index (χ1v) is 9.91. The second kappa shape index (κ2) is 20.6. The summed E-state index contributed by atoms with van der Waals surface area (Å²) in [5.74, 6) is -1.60. The van der Waals surface area contributed by atoms with Gasteiger partial charge >= 0.3 is 132 Å². The molecule has 0 aliphatic heterocycles. The summed E-state index contributed by atoms with van der Waals surface area (Å²) in [6.45, 7) is 4.60. The summed E-state index contributed by atoms with van der Waals surface area (Å²) in [6.07, 6.45) is 16.6. The molecule has 5 heteroatoms. The predicted molar refractivity (Wildman–Crippen MR) is 101 cm³/mol. The summed E-state index contributed by atoms with van der Waals surface area (Å²) in [7, 11) is 0. The number of carboxylic acid groups (broad SMARTS) is 2. The van der Waals surface area contributed by atoms with Crippen molar-refractivity contribution in [2.45, 2.75) is 102 Å². The maximum absolute atomic E-state index is 9.43. The van der Waals surface area contributed by atoms with Crippen LogP contribution in [0.2, 0.25) is 5.09 Å². The number of rotatable bonds is 15. The quantitative estimate of drug-likeness (QED) is 0.237. The molecular weight excluding hydrogens is 299 g/mol. The van der Waals surface area contributed by atoms with Crippen LogP contribution < -0.4 is 0 Å². The van der Waals surface area contributed by atoms with Gasteiger partial charge in [-0.15, -0.1) is 0 Å². The molecule has 138 valence electrons. The molecule has 0 aromatic carbocycles. The Labute approximate surface area is 158 Å². The standard InChI is InChI=1S/C16H33.C3H4O4.Li/c1-4-6-8-9-10-11-12-13-15-16(3)14-7-5-2;4-2(5)1-3(6)7;/h16H,3-15H2,1-2H3;1H2,(H,4,5)(H,6,7);. The molecule has 0 rings (SSSR count). The molecule has 0 aromatic heterocycles. The van der Waals surface area contributed by atoms with E-state index < -0.39 is 18.4 Å². The monoisotopic (exact) mass is 336 g/mol. The van der Waals surface area contributed by atoms with Gasteiger partial charge in [-0.3, -0.25) is 9.59 Å². The van der Waals surface area contributed by atoms with Crippen LogP contribution in [-0.2, 0) is 9.59 Å². The average molecular weight is 336 g/mol. The van der Waals surface area contributed by atoms with Crippen molar-refractivity contribution in [1.82, 2.24) is 0 Å². The van der Waals surface area contributed by atoms with E-state index in [0.717, 1.165) is 5.92 Å². The van der Waals surface area contributed by atoms with Gasteiger partial charge in [-0.25, -0.2) is 0 Å². The molecule has 0 spiro atoms. The molecule has 0 amide bonds. The fraction of sp³-hybridized carbons (Fsp3) is 0.895. The van der Waals surface area contributed by atoms with Gasteiger partial charge in [-0.1, -0.05) is 0 Å². The normalized spacial score (nSPS) is 11.5. The Bertz CT molecular complexity index is 283. The molecule has 0 aliphatic rings. The molecule has 1 unspecified atom stereocenters. The Hall–Kier alpha value is -0.463. The van der Waals surface area contributed by atoms with E-state index in [9.17, 15) is 9.59 Å². The minimum absolute atomic E-state index is 0.806. The molecule has 2 N–H and O–H groups in total. The van der Waals surface area contributed by atoms with Crippen LogP contribution in [-0.4, -0.2) is 39.9 Å². The van der Waals surface area contributed by atoms with Gasteiger partial charge in [0.2, 0.25) is 0 Å². The van der Waals surface area contributed by atoms with Crippen LogP contribution in [0.1, 0.15) is 97.3 Å². The van der Waals surface area contributed by atoms with Crippen molar-refractivity contribution < 1.29 is 19.8 Å². The molecule has 0 saturated heterocycles. The topological polar surface area (TPSA) is 74.6 Å². The Morgan fingerprint density at radius 2 is 1.17 bits per heavy atom. The molecule has 24 heavy (non-hydrogen) atoms. The van der Waals surface area contributed by atoms with Crippen LogP contribution in [0.5, 0.6) is 0 Å².